The van der Waals surface area contributed by atoms with Gasteiger partial charge in [-0.2, -0.15) is 4.57 Å². The summed E-state index contributed by atoms with van der Waals surface area (Å²) in [5, 5.41) is 1.34. The summed E-state index contributed by atoms with van der Waals surface area (Å²) in [5.41, 5.74) is 2.64. The van der Waals surface area contributed by atoms with E-state index >= 15 is 0 Å². The van der Waals surface area contributed by atoms with Gasteiger partial charge < -0.3 is 17.0 Å². The predicted molar refractivity (Wildman–Crippen MR) is 61.7 cm³/mol. The Balaban J connectivity index is 0.00000112. The quantitative estimate of drug-likeness (QED) is 0.540. The van der Waals surface area contributed by atoms with E-state index in [1.165, 1.54) is 20.8 Å². The van der Waals surface area contributed by atoms with Crippen molar-refractivity contribution in [1.29, 1.82) is 0 Å². The standard InChI is InChI=1S/C12H14NS.BrH/c1-4-7-13-10(3)14-12-6-5-9(2)8-11(12)13;/h4-6,8H,1,7H2,2-3H3;1H/q+1;/p-1. The molecule has 0 amide bonds. The molecule has 1 aromatic carbocycles. The highest BCUT2D eigenvalue weighted by molar-refractivity contribution is 7.18. The summed E-state index contributed by atoms with van der Waals surface area (Å²) in [6.07, 6.45) is 1.95. The van der Waals surface area contributed by atoms with Crippen molar-refractivity contribution >= 4 is 21.6 Å². The van der Waals surface area contributed by atoms with Crippen LogP contribution in [0, 0.1) is 13.8 Å². The molecule has 3 heteroatoms. The maximum absolute atomic E-state index is 3.79. The van der Waals surface area contributed by atoms with Crippen LogP contribution in [0.4, 0.5) is 0 Å². The van der Waals surface area contributed by atoms with Crippen LogP contribution in [0.5, 0.6) is 0 Å². The van der Waals surface area contributed by atoms with Crippen molar-refractivity contribution in [3.8, 4) is 0 Å². The summed E-state index contributed by atoms with van der Waals surface area (Å²) >= 11 is 1.84. The van der Waals surface area contributed by atoms with Crippen molar-refractivity contribution < 1.29 is 21.5 Å². The second-order valence-corrected chi connectivity index (χ2v) is 4.73. The molecular formula is C12H14BrNS. The highest BCUT2D eigenvalue weighted by Gasteiger charge is 2.14. The summed E-state index contributed by atoms with van der Waals surface area (Å²) in [6, 6.07) is 6.60. The summed E-state index contributed by atoms with van der Waals surface area (Å²) in [5.74, 6) is 0. The Bertz CT molecular complexity index is 488. The summed E-state index contributed by atoms with van der Waals surface area (Å²) in [6.45, 7) is 8.97. The van der Waals surface area contributed by atoms with Gasteiger partial charge in [0.25, 0.3) is 0 Å². The van der Waals surface area contributed by atoms with Gasteiger partial charge in [0.1, 0.15) is 4.70 Å². The first-order chi connectivity index (χ1) is 6.72. The number of allylic oxidation sites excluding steroid dienone is 1. The van der Waals surface area contributed by atoms with E-state index in [0.29, 0.717) is 0 Å². The van der Waals surface area contributed by atoms with Crippen LogP contribution in [0.15, 0.2) is 30.9 Å². The van der Waals surface area contributed by atoms with E-state index < -0.39 is 0 Å². The first-order valence-corrected chi connectivity index (χ1v) is 5.54. The fourth-order valence-corrected chi connectivity index (χ4v) is 2.68. The summed E-state index contributed by atoms with van der Waals surface area (Å²) < 4.78 is 3.66. The molecule has 0 spiro atoms. The van der Waals surface area contributed by atoms with E-state index in [-0.39, 0.29) is 17.0 Å². The molecule has 0 saturated heterocycles. The minimum atomic E-state index is 0. The Kier molecular flexibility index (Phi) is 4.05. The second kappa shape index (κ2) is 4.90. The molecule has 0 fully saturated rings. The molecule has 0 unspecified atom stereocenters. The Labute approximate surface area is 105 Å². The molecule has 0 atom stereocenters. The van der Waals surface area contributed by atoms with E-state index in [9.17, 15) is 0 Å². The van der Waals surface area contributed by atoms with Crippen molar-refractivity contribution in [2.75, 3.05) is 0 Å². The number of aromatic nitrogens is 1. The third-order valence-electron chi connectivity index (χ3n) is 2.35. The van der Waals surface area contributed by atoms with E-state index in [2.05, 4.69) is 43.2 Å². The fourth-order valence-electron chi connectivity index (χ4n) is 1.66. The van der Waals surface area contributed by atoms with Crippen LogP contribution in [0.1, 0.15) is 10.6 Å². The van der Waals surface area contributed by atoms with Crippen molar-refractivity contribution in [3.63, 3.8) is 0 Å². The highest BCUT2D eigenvalue weighted by Crippen LogP contribution is 2.20. The number of halogens is 1. The molecule has 2 aromatic rings. The monoisotopic (exact) mass is 283 g/mol. The number of benzene rings is 1. The van der Waals surface area contributed by atoms with Gasteiger partial charge in [-0.25, -0.2) is 0 Å². The van der Waals surface area contributed by atoms with Gasteiger partial charge in [-0.05, 0) is 24.6 Å². The van der Waals surface area contributed by atoms with Gasteiger partial charge in [0.05, 0.1) is 0 Å². The summed E-state index contributed by atoms with van der Waals surface area (Å²) in [4.78, 5) is 0. The molecule has 80 valence electrons. The molecule has 0 N–H and O–H groups in total. The normalized spacial score (nSPS) is 10.0. The molecule has 1 heterocycles. The molecule has 0 aliphatic rings. The van der Waals surface area contributed by atoms with Crippen molar-refractivity contribution in [2.24, 2.45) is 0 Å². The largest absolute Gasteiger partial charge is 1.00 e. The smallest absolute Gasteiger partial charge is 0.235 e. The zero-order valence-corrected chi connectivity index (χ0v) is 11.4. The Morgan fingerprint density at radius 2 is 2.13 bits per heavy atom. The number of hydrogen-bond donors (Lipinski definition) is 0. The van der Waals surface area contributed by atoms with E-state index in [4.69, 9.17) is 0 Å². The van der Waals surface area contributed by atoms with Crippen LogP contribution < -0.4 is 21.5 Å². The third kappa shape index (κ3) is 2.29. The topological polar surface area (TPSA) is 3.88 Å². The van der Waals surface area contributed by atoms with Gasteiger partial charge in [-0.1, -0.05) is 24.0 Å². The van der Waals surface area contributed by atoms with Gasteiger partial charge in [-0.3, -0.25) is 0 Å². The van der Waals surface area contributed by atoms with E-state index in [1.54, 1.807) is 0 Å². The van der Waals surface area contributed by atoms with Gasteiger partial charge in [0.2, 0.25) is 10.5 Å². The van der Waals surface area contributed by atoms with E-state index in [1.807, 2.05) is 17.4 Å². The van der Waals surface area contributed by atoms with Crippen LogP contribution in [-0.2, 0) is 6.54 Å². The molecule has 2 rings (SSSR count). The molecular weight excluding hydrogens is 270 g/mol. The lowest BCUT2D eigenvalue weighted by molar-refractivity contribution is -0.662. The average molecular weight is 284 g/mol. The first kappa shape index (κ1) is 12.4. The zero-order valence-electron chi connectivity index (χ0n) is 8.96. The number of thiazole rings is 1. The summed E-state index contributed by atoms with van der Waals surface area (Å²) in [7, 11) is 0. The lowest BCUT2D eigenvalue weighted by atomic mass is 10.2. The van der Waals surface area contributed by atoms with Gasteiger partial charge in [-0.15, -0.1) is 0 Å². The molecule has 0 saturated carbocycles. The number of aryl methyl sites for hydroxylation is 2. The maximum Gasteiger partial charge on any atom is 0.235 e. The Morgan fingerprint density at radius 3 is 2.80 bits per heavy atom. The number of rotatable bonds is 2. The van der Waals surface area contributed by atoms with Gasteiger partial charge in [0, 0.05) is 13.0 Å². The molecule has 0 radical (unpaired) electrons. The van der Waals surface area contributed by atoms with Crippen LogP contribution in [0.3, 0.4) is 0 Å². The minimum Gasteiger partial charge on any atom is -1.00 e. The molecule has 1 aromatic heterocycles. The first-order valence-electron chi connectivity index (χ1n) is 4.73. The maximum atomic E-state index is 3.79. The lowest BCUT2D eigenvalue weighted by Gasteiger charge is -1.92. The molecule has 0 bridgehead atoms. The van der Waals surface area contributed by atoms with E-state index in [0.717, 1.165) is 6.54 Å². The van der Waals surface area contributed by atoms with Crippen LogP contribution in [0.2, 0.25) is 0 Å². The number of fused-ring (bicyclic) bond motifs is 1. The third-order valence-corrected chi connectivity index (χ3v) is 3.44. The van der Waals surface area contributed by atoms with Gasteiger partial charge >= 0.3 is 0 Å². The van der Waals surface area contributed by atoms with Crippen LogP contribution in [0.25, 0.3) is 10.2 Å². The highest BCUT2D eigenvalue weighted by atomic mass is 79.9. The molecule has 0 aliphatic heterocycles. The average Bonchev–Trinajstić information content (AvgIpc) is 2.45. The van der Waals surface area contributed by atoms with Crippen LogP contribution in [-0.4, -0.2) is 0 Å². The lowest BCUT2D eigenvalue weighted by Crippen LogP contribution is -3.00. The second-order valence-electron chi connectivity index (χ2n) is 3.49. The fraction of sp³-hybridized carbons (Fsp3) is 0.250. The zero-order chi connectivity index (χ0) is 10.1. The van der Waals surface area contributed by atoms with Gasteiger partial charge in [0.15, 0.2) is 6.54 Å². The van der Waals surface area contributed by atoms with Crippen molar-refractivity contribution in [3.05, 3.63) is 41.4 Å². The predicted octanol–water partition coefficient (Wildman–Crippen LogP) is -0.00436. The SMILES string of the molecule is C=CC[n+]1c(C)sc2ccc(C)cc21.[Br-]. The Hall–Kier alpha value is -0.670. The molecule has 0 aliphatic carbocycles. The molecule has 1 nitrogen and oxygen atoms in total. The Morgan fingerprint density at radius 1 is 1.40 bits per heavy atom. The minimum absolute atomic E-state index is 0. The molecule has 15 heavy (non-hydrogen) atoms. The van der Waals surface area contributed by atoms with Crippen molar-refractivity contribution in [1.82, 2.24) is 0 Å². The number of hydrogen-bond acceptors (Lipinski definition) is 1. The van der Waals surface area contributed by atoms with Crippen molar-refractivity contribution in [2.45, 2.75) is 20.4 Å². The number of nitrogens with zero attached hydrogens (tertiary/aromatic N) is 1. The van der Waals surface area contributed by atoms with Crippen LogP contribution >= 0.6 is 11.3 Å².